The molecule has 7 fully saturated rings. The quantitative estimate of drug-likeness (QED) is 0.196. The molecule has 52 heavy (non-hydrogen) atoms. The first-order chi connectivity index (χ1) is 25.1. The molecule has 2 aliphatic heterocycles. The third-order valence-corrected chi connectivity index (χ3v) is 16.8. The van der Waals surface area contributed by atoms with E-state index in [-0.39, 0.29) is 30.0 Å². The molecule has 12 atom stereocenters. The number of aliphatic hydroxyl groups excluding tert-OH is 1. The molecule has 6 N–H and O–H groups in total. The smallest absolute Gasteiger partial charge is 0.115 e. The number of nitrogens with two attached hydrogens (primary N) is 1. The molecule has 2 spiro atoms. The van der Waals surface area contributed by atoms with Gasteiger partial charge in [-0.15, -0.1) is 0 Å². The molecule has 282 valence electrons. The molecule has 0 amide bonds. The van der Waals surface area contributed by atoms with Crippen LogP contribution in [0.2, 0.25) is 0 Å². The van der Waals surface area contributed by atoms with Gasteiger partial charge in [0.05, 0.1) is 17.1 Å². The topological polar surface area (TPSA) is 104 Å². The van der Waals surface area contributed by atoms with Crippen molar-refractivity contribution in [3.8, 4) is 17.6 Å². The van der Waals surface area contributed by atoms with E-state index in [4.69, 9.17) is 10.5 Å². The minimum absolute atomic E-state index is 0.0243. The van der Waals surface area contributed by atoms with Gasteiger partial charge in [0.25, 0.3) is 0 Å². The fraction of sp³-hybridized carbons (Fsp3) is 0.739. The summed E-state index contributed by atoms with van der Waals surface area (Å²) < 4.78 is 8.19. The van der Waals surface area contributed by atoms with Gasteiger partial charge in [-0.2, -0.15) is 0 Å². The van der Waals surface area contributed by atoms with Gasteiger partial charge in [-0.25, -0.2) is 0 Å². The summed E-state index contributed by atoms with van der Waals surface area (Å²) in [5.41, 5.74) is 12.5. The molecule has 2 saturated heterocycles. The standard InChI is InChI=1S/C46H65N3O3/c1-29(26-48-3)35-22-40(49-27-35)33-9-6-10-36(20-33)43(2)42-34-12-14-37(28-50)46(42,47)41-11-7-8-31-21-39(51)15-13-32(31)18-30-19-38(45(41,24-34)52-43)25-44(23-30)16-4-5-17-44/h13,15,21-22,27,29-30,33-34,36-38,41-42,48-51H,4-6,8-10,12,14,16-20,23-26,28,47H2,1-3H3. The summed E-state index contributed by atoms with van der Waals surface area (Å²) in [7, 11) is 2.04. The van der Waals surface area contributed by atoms with Crippen LogP contribution in [-0.4, -0.2) is 52.1 Å². The van der Waals surface area contributed by atoms with Crippen molar-refractivity contribution in [2.45, 2.75) is 145 Å². The molecule has 6 heteroatoms. The molecule has 5 saturated carbocycles. The predicted octanol–water partition coefficient (Wildman–Crippen LogP) is 7.98. The van der Waals surface area contributed by atoms with Crippen LogP contribution < -0.4 is 11.1 Å². The van der Waals surface area contributed by atoms with Crippen LogP contribution in [-0.2, 0) is 17.6 Å². The largest absolute Gasteiger partial charge is 0.508 e. The average Bonchev–Trinajstić information content (AvgIpc) is 3.81. The van der Waals surface area contributed by atoms with Crippen molar-refractivity contribution in [2.75, 3.05) is 20.2 Å². The lowest BCUT2D eigenvalue weighted by Crippen LogP contribution is -2.84. The first-order valence-electron chi connectivity index (χ1n) is 21.3. The van der Waals surface area contributed by atoms with E-state index in [0.717, 1.165) is 45.1 Å². The fourth-order valence-electron chi connectivity index (χ4n) is 14.7. The number of H-pyrrole nitrogens is 1. The zero-order chi connectivity index (χ0) is 35.9. The number of aromatic nitrogens is 1. The average molecular weight is 708 g/mol. The van der Waals surface area contributed by atoms with Gasteiger partial charge in [-0.1, -0.05) is 44.1 Å². The molecule has 6 nitrogen and oxygen atoms in total. The van der Waals surface area contributed by atoms with Crippen LogP contribution in [0.1, 0.15) is 138 Å². The molecule has 0 radical (unpaired) electrons. The first-order valence-corrected chi connectivity index (χ1v) is 21.3. The van der Waals surface area contributed by atoms with E-state index in [0.29, 0.717) is 53.1 Å². The van der Waals surface area contributed by atoms with E-state index in [1.165, 1.54) is 80.2 Å². The van der Waals surface area contributed by atoms with Crippen LogP contribution >= 0.6 is 0 Å². The lowest BCUT2D eigenvalue weighted by molar-refractivity contribution is -0.362. The Bertz CT molecular complexity index is 1700. The Labute approximate surface area is 312 Å². The number of fused-ring (bicyclic) bond motifs is 4. The highest BCUT2D eigenvalue weighted by Crippen LogP contribution is 2.71. The SMILES string of the molecule is CNCC(C)c1c[nH]c(C2CCCC(C3(C)OC45CC6CCC(CO)C(N)(C63)C4C#CCc3cc(O)ccc3CC3CC5CC4(CCCC4)C3)C2)c1. The van der Waals surface area contributed by atoms with E-state index in [1.54, 1.807) is 0 Å². The van der Waals surface area contributed by atoms with Gasteiger partial charge in [-0.05, 0) is 167 Å². The Kier molecular flexibility index (Phi) is 8.97. The fourth-order valence-corrected chi connectivity index (χ4v) is 14.7. The molecule has 6 bridgehead atoms. The molecule has 6 aliphatic carbocycles. The summed E-state index contributed by atoms with van der Waals surface area (Å²) in [6.07, 6.45) is 20.9. The number of aromatic hydroxyl groups is 1. The van der Waals surface area contributed by atoms with Crippen LogP contribution in [0, 0.1) is 58.7 Å². The lowest BCUT2D eigenvalue weighted by Gasteiger charge is -2.75. The monoisotopic (exact) mass is 708 g/mol. The number of hydrogen-bond acceptors (Lipinski definition) is 5. The second-order valence-electron chi connectivity index (χ2n) is 19.5. The maximum atomic E-state index is 11.2. The van der Waals surface area contributed by atoms with Gasteiger partial charge in [0.2, 0.25) is 0 Å². The summed E-state index contributed by atoms with van der Waals surface area (Å²) in [4.78, 5) is 3.73. The third-order valence-electron chi connectivity index (χ3n) is 16.8. The highest BCUT2D eigenvalue weighted by Gasteiger charge is 2.76. The van der Waals surface area contributed by atoms with E-state index in [2.05, 4.69) is 54.3 Å². The summed E-state index contributed by atoms with van der Waals surface area (Å²) in [5.74, 6) is 10.9. The molecule has 3 heterocycles. The number of likely N-dealkylation sites (N-methyl/N-ethyl adjacent to an activating group) is 1. The second kappa shape index (κ2) is 13.2. The number of phenols is 1. The van der Waals surface area contributed by atoms with Gasteiger partial charge >= 0.3 is 0 Å². The van der Waals surface area contributed by atoms with Crippen LogP contribution in [0.15, 0.2) is 30.5 Å². The Hall–Kier alpha value is -2.30. The van der Waals surface area contributed by atoms with Crippen molar-refractivity contribution < 1.29 is 14.9 Å². The molecule has 12 unspecified atom stereocenters. The van der Waals surface area contributed by atoms with E-state index in [9.17, 15) is 10.2 Å². The number of hydrogen-bond donors (Lipinski definition) is 5. The number of aliphatic hydroxyl groups is 1. The molecular formula is C46H65N3O3. The number of ether oxygens (including phenoxy) is 1. The number of benzene rings is 1. The maximum Gasteiger partial charge on any atom is 0.115 e. The van der Waals surface area contributed by atoms with Crippen molar-refractivity contribution in [1.82, 2.24) is 10.3 Å². The van der Waals surface area contributed by atoms with Gasteiger partial charge < -0.3 is 31.0 Å². The van der Waals surface area contributed by atoms with Gasteiger partial charge in [0.1, 0.15) is 5.75 Å². The second-order valence-corrected chi connectivity index (χ2v) is 19.5. The summed E-state index contributed by atoms with van der Waals surface area (Å²) in [6.45, 7) is 5.91. The van der Waals surface area contributed by atoms with Crippen molar-refractivity contribution >= 4 is 0 Å². The summed E-state index contributed by atoms with van der Waals surface area (Å²) in [6, 6.07) is 8.46. The Morgan fingerprint density at radius 3 is 2.67 bits per heavy atom. The molecule has 10 rings (SSSR count). The first kappa shape index (κ1) is 35.4. The predicted molar refractivity (Wildman–Crippen MR) is 207 cm³/mol. The number of aromatic amines is 1. The number of rotatable bonds is 6. The lowest BCUT2D eigenvalue weighted by atomic mass is 9.38. The van der Waals surface area contributed by atoms with Crippen LogP contribution in [0.25, 0.3) is 0 Å². The van der Waals surface area contributed by atoms with Crippen LogP contribution in [0.5, 0.6) is 5.75 Å². The zero-order valence-electron chi connectivity index (χ0n) is 32.2. The van der Waals surface area contributed by atoms with Crippen molar-refractivity contribution in [1.29, 1.82) is 0 Å². The molecule has 8 aliphatic rings. The molecular weight excluding hydrogens is 643 g/mol. The molecule has 1 aromatic heterocycles. The molecule has 2 aromatic rings. The van der Waals surface area contributed by atoms with Crippen molar-refractivity contribution in [3.05, 3.63) is 52.8 Å². The Balaban J connectivity index is 1.15. The Morgan fingerprint density at radius 1 is 1.02 bits per heavy atom. The minimum atomic E-state index is -0.601. The third kappa shape index (κ3) is 5.49. The van der Waals surface area contributed by atoms with Crippen molar-refractivity contribution in [3.63, 3.8) is 0 Å². The van der Waals surface area contributed by atoms with Crippen LogP contribution in [0.3, 0.4) is 0 Å². The van der Waals surface area contributed by atoms with E-state index in [1.807, 2.05) is 19.2 Å². The normalized spacial score (nSPS) is 42.4. The summed E-state index contributed by atoms with van der Waals surface area (Å²) in [5, 5.41) is 25.1. The number of phenolic OH excluding ortho intramolecular Hbond substituents is 1. The highest BCUT2D eigenvalue weighted by molar-refractivity contribution is 5.40. The highest BCUT2D eigenvalue weighted by atomic mass is 16.5. The van der Waals surface area contributed by atoms with Gasteiger partial charge in [-0.3, -0.25) is 0 Å². The summed E-state index contributed by atoms with van der Waals surface area (Å²) >= 11 is 0. The van der Waals surface area contributed by atoms with Gasteiger partial charge in [0.15, 0.2) is 0 Å². The van der Waals surface area contributed by atoms with E-state index < -0.39 is 11.1 Å². The van der Waals surface area contributed by atoms with Crippen molar-refractivity contribution in [2.24, 2.45) is 52.6 Å². The molecule has 1 aromatic carbocycles. The van der Waals surface area contributed by atoms with E-state index >= 15 is 0 Å². The minimum Gasteiger partial charge on any atom is -0.508 e. The van der Waals surface area contributed by atoms with Crippen LogP contribution in [0.4, 0.5) is 0 Å². The zero-order valence-corrected chi connectivity index (χ0v) is 32.2. The number of nitrogens with one attached hydrogen (secondary N) is 2. The van der Waals surface area contributed by atoms with Gasteiger partial charge in [0, 0.05) is 48.8 Å². The Morgan fingerprint density at radius 2 is 1.87 bits per heavy atom. The maximum absolute atomic E-state index is 11.2.